The highest BCUT2D eigenvalue weighted by Crippen LogP contribution is 2.34. The molecule has 3 heterocycles. The molecule has 2 aromatic heterocycles. The van der Waals surface area contributed by atoms with Crippen LogP contribution in [0.4, 0.5) is 37.8 Å². The molecule has 4 rings (SSSR count). The average molecular weight is 462 g/mol. The van der Waals surface area contributed by atoms with Gasteiger partial charge in [-0.1, -0.05) is 6.07 Å². The molecule has 1 saturated heterocycles. The molecule has 1 aromatic carbocycles. The smallest absolute Gasteiger partial charge is 0.367 e. The molecular formula is C19H14ClF6N5. The van der Waals surface area contributed by atoms with E-state index >= 15 is 0 Å². The quantitative estimate of drug-likeness (QED) is 0.395. The molecule has 0 saturated carbocycles. The Morgan fingerprint density at radius 1 is 0.806 bits per heavy atom. The molecule has 0 amide bonds. The lowest BCUT2D eigenvalue weighted by Crippen LogP contribution is -2.47. The predicted octanol–water partition coefficient (Wildman–Crippen LogP) is 5.04. The largest absolute Gasteiger partial charge is 0.433 e. The van der Waals surface area contributed by atoms with Crippen molar-refractivity contribution in [3.8, 4) is 0 Å². The van der Waals surface area contributed by atoms with Crippen molar-refractivity contribution in [2.45, 2.75) is 12.4 Å². The highest BCUT2D eigenvalue weighted by molar-refractivity contribution is 6.28. The topological polar surface area (TPSA) is 45.2 Å². The van der Waals surface area contributed by atoms with Crippen LogP contribution in [0.2, 0.25) is 5.28 Å². The van der Waals surface area contributed by atoms with Gasteiger partial charge >= 0.3 is 12.4 Å². The number of aromatic nitrogens is 3. The van der Waals surface area contributed by atoms with Gasteiger partial charge in [-0.15, -0.1) is 0 Å². The summed E-state index contributed by atoms with van der Waals surface area (Å²) in [6, 6.07) is 5.94. The van der Waals surface area contributed by atoms with Crippen LogP contribution in [0, 0.1) is 0 Å². The lowest BCUT2D eigenvalue weighted by Gasteiger charge is -2.37. The van der Waals surface area contributed by atoms with E-state index in [-0.39, 0.29) is 11.3 Å². The number of anilines is 2. The van der Waals surface area contributed by atoms with Crippen molar-refractivity contribution < 1.29 is 26.3 Å². The summed E-state index contributed by atoms with van der Waals surface area (Å²) in [4.78, 5) is 14.8. The van der Waals surface area contributed by atoms with Crippen molar-refractivity contribution in [1.82, 2.24) is 15.0 Å². The van der Waals surface area contributed by atoms with Gasteiger partial charge in [0, 0.05) is 49.5 Å². The van der Waals surface area contributed by atoms with E-state index in [2.05, 4.69) is 15.0 Å². The zero-order valence-corrected chi connectivity index (χ0v) is 16.4. The van der Waals surface area contributed by atoms with Gasteiger partial charge in [0.2, 0.25) is 5.28 Å². The minimum atomic E-state index is -4.64. The number of nitrogens with zero attached hydrogens (tertiary/aromatic N) is 5. The number of pyridine rings is 1. The summed E-state index contributed by atoms with van der Waals surface area (Å²) in [5.74, 6) is 0.0707. The van der Waals surface area contributed by atoms with Crippen molar-refractivity contribution in [2.75, 3.05) is 36.0 Å². The second-order valence-electron chi connectivity index (χ2n) is 6.91. The molecule has 3 aromatic rings. The first-order chi connectivity index (χ1) is 14.5. The van der Waals surface area contributed by atoms with Gasteiger partial charge in [0.15, 0.2) is 5.69 Å². The standard InChI is InChI=1S/C19H14ClF6N5/c20-17-28-15(19(24,25)26)10-16(29-17)31-7-5-30(6-8-31)14-3-4-27-13-9-11(18(21,22)23)1-2-12(13)14/h1-4,9-10H,5-8H2. The van der Waals surface area contributed by atoms with Crippen molar-refractivity contribution in [1.29, 1.82) is 0 Å². The van der Waals surface area contributed by atoms with E-state index < -0.39 is 28.9 Å². The Bertz CT molecular complexity index is 1110. The van der Waals surface area contributed by atoms with Gasteiger partial charge in [0.05, 0.1) is 11.1 Å². The Labute approximate surface area is 177 Å². The third-order valence-electron chi connectivity index (χ3n) is 4.97. The van der Waals surface area contributed by atoms with Crippen LogP contribution in [-0.4, -0.2) is 41.1 Å². The van der Waals surface area contributed by atoms with Crippen LogP contribution >= 0.6 is 11.6 Å². The van der Waals surface area contributed by atoms with Crippen LogP contribution in [0.3, 0.4) is 0 Å². The Morgan fingerprint density at radius 3 is 2.13 bits per heavy atom. The molecule has 0 aliphatic carbocycles. The first-order valence-corrected chi connectivity index (χ1v) is 9.48. The van der Waals surface area contributed by atoms with Gasteiger partial charge in [-0.2, -0.15) is 26.3 Å². The second kappa shape index (κ2) is 7.70. The summed E-state index contributed by atoms with van der Waals surface area (Å²) in [6.45, 7) is 1.52. The maximum atomic E-state index is 13.0. The lowest BCUT2D eigenvalue weighted by molar-refractivity contribution is -0.141. The Balaban J connectivity index is 1.56. The SMILES string of the molecule is FC(F)(F)c1ccc2c(N3CCN(c4cc(C(F)(F)F)nc(Cl)n4)CC3)ccnc2c1. The minimum absolute atomic E-state index is 0.0707. The fourth-order valence-electron chi connectivity index (χ4n) is 3.47. The predicted molar refractivity (Wildman–Crippen MR) is 103 cm³/mol. The molecule has 12 heteroatoms. The first kappa shape index (κ1) is 21.4. The number of fused-ring (bicyclic) bond motifs is 1. The monoisotopic (exact) mass is 461 g/mol. The number of rotatable bonds is 2. The molecule has 0 N–H and O–H groups in total. The van der Waals surface area contributed by atoms with Crippen molar-refractivity contribution in [3.63, 3.8) is 0 Å². The van der Waals surface area contributed by atoms with Crippen molar-refractivity contribution in [3.05, 3.63) is 53.1 Å². The zero-order valence-electron chi connectivity index (χ0n) is 15.7. The van der Waals surface area contributed by atoms with E-state index in [4.69, 9.17) is 11.6 Å². The summed E-state index contributed by atoms with van der Waals surface area (Å²) >= 11 is 5.66. The first-order valence-electron chi connectivity index (χ1n) is 9.10. The summed E-state index contributed by atoms with van der Waals surface area (Å²) in [7, 11) is 0. The van der Waals surface area contributed by atoms with E-state index in [1.54, 1.807) is 11.0 Å². The van der Waals surface area contributed by atoms with Gasteiger partial charge in [0.1, 0.15) is 5.82 Å². The summed E-state index contributed by atoms with van der Waals surface area (Å²) in [6.07, 6.45) is -7.68. The fourth-order valence-corrected chi connectivity index (χ4v) is 3.65. The molecule has 1 aliphatic rings. The van der Waals surface area contributed by atoms with Crippen LogP contribution < -0.4 is 9.80 Å². The zero-order chi connectivity index (χ0) is 22.4. The molecule has 1 fully saturated rings. The summed E-state index contributed by atoms with van der Waals surface area (Å²) in [5.41, 5.74) is -0.983. The Morgan fingerprint density at radius 2 is 1.48 bits per heavy atom. The molecule has 1 aliphatic heterocycles. The van der Waals surface area contributed by atoms with E-state index in [0.29, 0.717) is 37.3 Å². The van der Waals surface area contributed by atoms with E-state index in [1.165, 1.54) is 12.3 Å². The van der Waals surface area contributed by atoms with E-state index in [1.807, 2.05) is 4.90 Å². The third-order valence-corrected chi connectivity index (χ3v) is 5.14. The van der Waals surface area contributed by atoms with Crippen LogP contribution in [0.5, 0.6) is 0 Å². The number of piperazine rings is 1. The molecule has 164 valence electrons. The number of hydrogen-bond acceptors (Lipinski definition) is 5. The molecule has 0 unspecified atom stereocenters. The Hall–Kier alpha value is -2.82. The number of halogens is 7. The van der Waals surface area contributed by atoms with Gasteiger partial charge in [-0.05, 0) is 29.8 Å². The molecular weight excluding hydrogens is 448 g/mol. The summed E-state index contributed by atoms with van der Waals surface area (Å²) < 4.78 is 77.9. The molecule has 5 nitrogen and oxygen atoms in total. The average Bonchev–Trinajstić information content (AvgIpc) is 2.71. The van der Waals surface area contributed by atoms with Crippen LogP contribution in [0.1, 0.15) is 11.3 Å². The second-order valence-corrected chi connectivity index (χ2v) is 7.25. The highest BCUT2D eigenvalue weighted by atomic mass is 35.5. The van der Waals surface area contributed by atoms with Crippen molar-refractivity contribution in [2.24, 2.45) is 0 Å². The van der Waals surface area contributed by atoms with Gasteiger partial charge < -0.3 is 9.80 Å². The van der Waals surface area contributed by atoms with Crippen LogP contribution in [-0.2, 0) is 12.4 Å². The number of alkyl halides is 6. The van der Waals surface area contributed by atoms with E-state index in [0.717, 1.165) is 18.2 Å². The van der Waals surface area contributed by atoms with Crippen LogP contribution in [0.15, 0.2) is 36.5 Å². The van der Waals surface area contributed by atoms with Gasteiger partial charge in [-0.3, -0.25) is 4.98 Å². The van der Waals surface area contributed by atoms with Crippen molar-refractivity contribution >= 4 is 34.0 Å². The molecule has 0 atom stereocenters. The van der Waals surface area contributed by atoms with Gasteiger partial charge in [0.25, 0.3) is 0 Å². The molecule has 31 heavy (non-hydrogen) atoms. The minimum Gasteiger partial charge on any atom is -0.367 e. The number of benzene rings is 1. The molecule has 0 spiro atoms. The number of hydrogen-bond donors (Lipinski definition) is 0. The molecule has 0 radical (unpaired) electrons. The van der Waals surface area contributed by atoms with E-state index in [9.17, 15) is 26.3 Å². The maximum absolute atomic E-state index is 13.0. The fraction of sp³-hybridized carbons (Fsp3) is 0.316. The lowest BCUT2D eigenvalue weighted by atomic mass is 10.1. The molecule has 0 bridgehead atoms. The van der Waals surface area contributed by atoms with Gasteiger partial charge in [-0.25, -0.2) is 9.97 Å². The summed E-state index contributed by atoms with van der Waals surface area (Å²) in [5, 5.41) is 0.0706. The Kier molecular flexibility index (Phi) is 5.32. The van der Waals surface area contributed by atoms with Crippen LogP contribution in [0.25, 0.3) is 10.9 Å². The maximum Gasteiger partial charge on any atom is 0.433 e. The normalized spacial score (nSPS) is 15.6. The highest BCUT2D eigenvalue weighted by Gasteiger charge is 2.34. The third kappa shape index (κ3) is 4.46.